The van der Waals surface area contributed by atoms with Gasteiger partial charge in [-0.2, -0.15) is 13.2 Å². The summed E-state index contributed by atoms with van der Waals surface area (Å²) in [4.78, 5) is 6.43. The second kappa shape index (κ2) is 8.87. The number of hydrogen-bond acceptors (Lipinski definition) is 6. The minimum atomic E-state index is -4.26. The van der Waals surface area contributed by atoms with E-state index in [1.165, 1.54) is 4.90 Å². The molecule has 0 saturated heterocycles. The molecular formula is C24H21ClF3N3O2S. The Morgan fingerprint density at radius 2 is 2.24 bits per heavy atom. The molecule has 178 valence electrons. The van der Waals surface area contributed by atoms with Crippen molar-refractivity contribution in [2.24, 2.45) is 4.99 Å². The maximum Gasteiger partial charge on any atom is 0.401 e. The van der Waals surface area contributed by atoms with E-state index in [2.05, 4.69) is 16.9 Å². The number of alkyl halides is 3. The van der Waals surface area contributed by atoms with E-state index < -0.39 is 18.8 Å². The van der Waals surface area contributed by atoms with Crippen molar-refractivity contribution in [3.05, 3.63) is 67.7 Å². The number of hydrogen-bond donors (Lipinski definition) is 0. The molecule has 5 rings (SSSR count). The van der Waals surface area contributed by atoms with Crippen LogP contribution in [0.1, 0.15) is 46.0 Å². The zero-order valence-electron chi connectivity index (χ0n) is 18.3. The lowest BCUT2D eigenvalue weighted by Gasteiger charge is -2.27. The van der Waals surface area contributed by atoms with Crippen LogP contribution in [0.15, 0.2) is 39.2 Å². The molecule has 2 aromatic heterocycles. The van der Waals surface area contributed by atoms with Gasteiger partial charge in [-0.3, -0.25) is 9.89 Å². The van der Waals surface area contributed by atoms with Gasteiger partial charge in [-0.05, 0) is 37.2 Å². The van der Waals surface area contributed by atoms with Crippen molar-refractivity contribution in [2.45, 2.75) is 38.6 Å². The number of aromatic nitrogens is 1. The monoisotopic (exact) mass is 507 g/mol. The van der Waals surface area contributed by atoms with E-state index in [0.717, 1.165) is 27.3 Å². The number of benzene rings is 1. The smallest absolute Gasteiger partial charge is 0.401 e. The third kappa shape index (κ3) is 4.28. The Kier molecular flexibility index (Phi) is 6.03. The molecule has 0 spiro atoms. The largest absolute Gasteiger partial charge is 0.481 e. The van der Waals surface area contributed by atoms with Gasteiger partial charge < -0.3 is 9.26 Å². The van der Waals surface area contributed by atoms with Gasteiger partial charge in [0, 0.05) is 53.2 Å². The number of fused-ring (bicyclic) bond motifs is 2. The molecule has 0 saturated carbocycles. The van der Waals surface area contributed by atoms with Gasteiger partial charge in [0.1, 0.15) is 5.75 Å². The van der Waals surface area contributed by atoms with Crippen molar-refractivity contribution in [1.82, 2.24) is 10.1 Å². The first-order valence-electron chi connectivity index (χ1n) is 10.7. The first kappa shape index (κ1) is 23.1. The van der Waals surface area contributed by atoms with Crippen molar-refractivity contribution in [2.75, 3.05) is 13.1 Å². The molecule has 1 unspecified atom stereocenters. The third-order valence-electron chi connectivity index (χ3n) is 6.08. The maximum absolute atomic E-state index is 13.0. The third-order valence-corrected chi connectivity index (χ3v) is 7.23. The first-order valence-corrected chi connectivity index (χ1v) is 12.0. The van der Waals surface area contributed by atoms with E-state index in [1.807, 2.05) is 36.6 Å². The molecule has 0 amide bonds. The molecule has 5 nitrogen and oxygen atoms in total. The van der Waals surface area contributed by atoms with E-state index in [0.29, 0.717) is 40.6 Å². The molecule has 0 N–H and O–H groups in total. The highest BCUT2D eigenvalue weighted by molar-refractivity contribution is 7.11. The van der Waals surface area contributed by atoms with Gasteiger partial charge in [0.2, 0.25) is 0 Å². The fourth-order valence-corrected chi connectivity index (χ4v) is 5.82. The molecule has 10 heteroatoms. The fourth-order valence-electron chi connectivity index (χ4n) is 4.64. The molecule has 2 aliphatic heterocycles. The molecule has 1 atom stereocenters. The summed E-state index contributed by atoms with van der Waals surface area (Å²) in [6, 6.07) is 5.61. The van der Waals surface area contributed by atoms with Gasteiger partial charge in [-0.15, -0.1) is 11.3 Å². The maximum atomic E-state index is 13.0. The molecule has 0 fully saturated rings. The number of nitrogens with zero attached hydrogens (tertiary/aromatic N) is 3. The number of thiophene rings is 1. The summed E-state index contributed by atoms with van der Waals surface area (Å²) < 4.78 is 50.9. The van der Waals surface area contributed by atoms with Crippen molar-refractivity contribution in [3.63, 3.8) is 0 Å². The van der Waals surface area contributed by atoms with Gasteiger partial charge in [-0.25, -0.2) is 0 Å². The molecule has 0 bridgehead atoms. The molecular weight excluding hydrogens is 487 g/mol. The summed E-state index contributed by atoms with van der Waals surface area (Å²) in [5.74, 6) is 1.16. The average Bonchev–Trinajstić information content (AvgIpc) is 3.50. The summed E-state index contributed by atoms with van der Waals surface area (Å²) in [6.07, 6.45) is -1.88. The van der Waals surface area contributed by atoms with Crippen LogP contribution >= 0.6 is 22.9 Å². The Bertz CT molecular complexity index is 1280. The SMILES string of the molecule is C=Nc1ccsc1/C(=C\C)c1cc(Cl)cc2c1OC(c1onc3c1CN(CC(F)(F)F)CC3)C2. The minimum absolute atomic E-state index is 0.126. The quantitative estimate of drug-likeness (QED) is 0.358. The molecule has 3 aromatic rings. The Hall–Kier alpha value is -2.62. The number of allylic oxidation sites excluding steroid dienone is 1. The molecule has 0 aliphatic carbocycles. The van der Waals surface area contributed by atoms with E-state index in [9.17, 15) is 13.2 Å². The summed E-state index contributed by atoms with van der Waals surface area (Å²) in [6.45, 7) is 5.04. The summed E-state index contributed by atoms with van der Waals surface area (Å²) >= 11 is 8.02. The van der Waals surface area contributed by atoms with Crippen LogP contribution in [0.4, 0.5) is 18.9 Å². The lowest BCUT2D eigenvalue weighted by atomic mass is 9.97. The number of rotatable bonds is 5. The van der Waals surface area contributed by atoms with Crippen LogP contribution in [0.2, 0.25) is 5.02 Å². The van der Waals surface area contributed by atoms with E-state index in [-0.39, 0.29) is 13.1 Å². The van der Waals surface area contributed by atoms with Crippen molar-refractivity contribution < 1.29 is 22.4 Å². The van der Waals surface area contributed by atoms with E-state index in [1.54, 1.807) is 11.3 Å². The zero-order valence-corrected chi connectivity index (χ0v) is 19.9. The molecule has 4 heterocycles. The predicted molar refractivity (Wildman–Crippen MR) is 126 cm³/mol. The molecule has 2 aliphatic rings. The van der Waals surface area contributed by atoms with Crippen molar-refractivity contribution in [1.29, 1.82) is 0 Å². The normalized spacial score (nSPS) is 18.5. The van der Waals surface area contributed by atoms with Crippen LogP contribution in [0.25, 0.3) is 5.57 Å². The second-order valence-corrected chi connectivity index (χ2v) is 9.65. The second-order valence-electron chi connectivity index (χ2n) is 8.30. The van der Waals surface area contributed by atoms with Crippen LogP contribution in [-0.4, -0.2) is 36.0 Å². The van der Waals surface area contributed by atoms with E-state index in [4.69, 9.17) is 20.9 Å². The highest BCUT2D eigenvalue weighted by Crippen LogP contribution is 2.47. The lowest BCUT2D eigenvalue weighted by molar-refractivity contribution is -0.147. The van der Waals surface area contributed by atoms with Crippen LogP contribution in [0.5, 0.6) is 5.75 Å². The van der Waals surface area contributed by atoms with Crippen LogP contribution in [-0.2, 0) is 19.4 Å². The lowest BCUT2D eigenvalue weighted by Crippen LogP contribution is -2.38. The summed E-state index contributed by atoms with van der Waals surface area (Å²) in [7, 11) is 0. The molecule has 1 aromatic carbocycles. The Balaban J connectivity index is 1.47. The first-order chi connectivity index (χ1) is 16.3. The summed E-state index contributed by atoms with van der Waals surface area (Å²) in [5, 5.41) is 6.65. The van der Waals surface area contributed by atoms with Crippen molar-refractivity contribution >= 4 is 40.9 Å². The highest BCUT2D eigenvalue weighted by atomic mass is 35.5. The van der Waals surface area contributed by atoms with Crippen LogP contribution in [0.3, 0.4) is 0 Å². The van der Waals surface area contributed by atoms with Gasteiger partial charge in [-0.1, -0.05) is 22.8 Å². The Labute approximate surface area is 203 Å². The molecule has 0 radical (unpaired) electrons. The van der Waals surface area contributed by atoms with Gasteiger partial charge in [0.05, 0.1) is 22.8 Å². The Morgan fingerprint density at radius 1 is 1.41 bits per heavy atom. The van der Waals surface area contributed by atoms with Gasteiger partial charge in [0.15, 0.2) is 11.9 Å². The highest BCUT2D eigenvalue weighted by Gasteiger charge is 2.38. The standard InChI is InChI=1S/C24H21ClF3N3O2S/c1-3-15(23-19(29-2)5-7-34-23)16-10-14(25)8-13-9-20(32-21(13)16)22-17-11-31(12-24(26,27)28)6-4-18(17)30-33-22/h3,5,7-8,10,20H,2,4,6,9,11-12H2,1H3/b15-3-. The fraction of sp³-hybridized carbons (Fsp3) is 0.333. The predicted octanol–water partition coefficient (Wildman–Crippen LogP) is 6.77. The van der Waals surface area contributed by atoms with Gasteiger partial charge >= 0.3 is 6.18 Å². The van der Waals surface area contributed by atoms with Gasteiger partial charge in [0.25, 0.3) is 0 Å². The van der Waals surface area contributed by atoms with Crippen LogP contribution in [0, 0.1) is 0 Å². The molecule has 34 heavy (non-hydrogen) atoms. The Morgan fingerprint density at radius 3 is 2.97 bits per heavy atom. The topological polar surface area (TPSA) is 50.9 Å². The number of aliphatic imine (C=N–C) groups is 1. The minimum Gasteiger partial charge on any atom is -0.481 e. The van der Waals surface area contributed by atoms with Crippen molar-refractivity contribution in [3.8, 4) is 5.75 Å². The number of ether oxygens (including phenoxy) is 1. The summed E-state index contributed by atoms with van der Waals surface area (Å²) in [5.41, 5.74) is 4.81. The van der Waals surface area contributed by atoms with E-state index >= 15 is 0 Å². The number of halogens is 4. The zero-order chi connectivity index (χ0) is 24.0. The van der Waals surface area contributed by atoms with Crippen LogP contribution < -0.4 is 4.74 Å². The average molecular weight is 508 g/mol.